The average molecular weight is 214 g/mol. The number of hydrogen-bond donors (Lipinski definition) is 0. The largest absolute Gasteiger partial charge is 0.379 e. The van der Waals surface area contributed by atoms with Crippen molar-refractivity contribution in [2.24, 2.45) is 0 Å². The zero-order valence-corrected chi connectivity index (χ0v) is 11.1. The minimum Gasteiger partial charge on any atom is -0.379 e. The van der Waals surface area contributed by atoms with Gasteiger partial charge < -0.3 is 4.74 Å². The summed E-state index contributed by atoms with van der Waals surface area (Å²) in [6, 6.07) is 0. The molecular formula is C14H30O. The number of ether oxygens (including phenoxy) is 1. The minimum atomic E-state index is 0.475. The van der Waals surface area contributed by atoms with Crippen LogP contribution in [0.15, 0.2) is 0 Å². The van der Waals surface area contributed by atoms with Crippen LogP contribution in [0.3, 0.4) is 0 Å². The topological polar surface area (TPSA) is 9.23 Å². The molecule has 0 heterocycles. The third-order valence-electron chi connectivity index (χ3n) is 2.86. The van der Waals surface area contributed by atoms with E-state index in [-0.39, 0.29) is 0 Å². The molecule has 0 fully saturated rings. The summed E-state index contributed by atoms with van der Waals surface area (Å²) in [4.78, 5) is 0. The Balaban J connectivity index is 3.06. The second kappa shape index (κ2) is 12.0. The molecule has 0 aromatic heterocycles. The number of rotatable bonds is 11. The molecule has 0 bridgehead atoms. The van der Waals surface area contributed by atoms with Crippen LogP contribution in [0.25, 0.3) is 0 Å². The molecule has 0 radical (unpaired) electrons. The van der Waals surface area contributed by atoms with Gasteiger partial charge in [-0.2, -0.15) is 0 Å². The van der Waals surface area contributed by atoms with Gasteiger partial charge in [-0.05, 0) is 19.8 Å². The van der Waals surface area contributed by atoms with E-state index in [1.807, 2.05) is 0 Å². The van der Waals surface area contributed by atoms with Gasteiger partial charge in [0.2, 0.25) is 0 Å². The average Bonchev–Trinajstić information content (AvgIpc) is 2.23. The van der Waals surface area contributed by atoms with Crippen molar-refractivity contribution in [1.29, 1.82) is 0 Å². The molecule has 0 unspecified atom stereocenters. The van der Waals surface area contributed by atoms with E-state index in [0.29, 0.717) is 6.10 Å². The van der Waals surface area contributed by atoms with Gasteiger partial charge in [-0.3, -0.25) is 0 Å². The van der Waals surface area contributed by atoms with E-state index in [2.05, 4.69) is 20.8 Å². The van der Waals surface area contributed by atoms with E-state index in [9.17, 15) is 0 Å². The van der Waals surface area contributed by atoms with Gasteiger partial charge in [0.05, 0.1) is 6.10 Å². The fourth-order valence-corrected chi connectivity index (χ4v) is 1.76. The lowest BCUT2D eigenvalue weighted by molar-refractivity contribution is 0.0558. The summed E-state index contributed by atoms with van der Waals surface area (Å²) < 4.78 is 5.77. The van der Waals surface area contributed by atoms with Crippen molar-refractivity contribution in [2.45, 2.75) is 84.7 Å². The summed E-state index contributed by atoms with van der Waals surface area (Å²) in [5.41, 5.74) is 0. The molecule has 0 aliphatic heterocycles. The van der Waals surface area contributed by atoms with Crippen molar-refractivity contribution in [2.75, 3.05) is 6.61 Å². The molecule has 0 spiro atoms. The Bertz CT molecular complexity index is 112. The molecule has 0 N–H and O–H groups in total. The van der Waals surface area contributed by atoms with Gasteiger partial charge in [-0.1, -0.05) is 58.8 Å². The normalized spacial score (nSPS) is 13.0. The molecule has 0 amide bonds. The first-order valence-corrected chi connectivity index (χ1v) is 6.92. The molecule has 1 nitrogen and oxygen atoms in total. The van der Waals surface area contributed by atoms with Crippen LogP contribution >= 0.6 is 0 Å². The molecule has 15 heavy (non-hydrogen) atoms. The second-order valence-corrected chi connectivity index (χ2v) is 4.59. The van der Waals surface area contributed by atoms with E-state index in [1.54, 1.807) is 0 Å². The highest BCUT2D eigenvalue weighted by Gasteiger charge is 2.00. The van der Waals surface area contributed by atoms with Gasteiger partial charge in [0.25, 0.3) is 0 Å². The van der Waals surface area contributed by atoms with Crippen LogP contribution in [0.4, 0.5) is 0 Å². The van der Waals surface area contributed by atoms with Crippen molar-refractivity contribution in [3.63, 3.8) is 0 Å². The van der Waals surface area contributed by atoms with E-state index >= 15 is 0 Å². The Morgan fingerprint density at radius 2 is 1.40 bits per heavy atom. The maximum absolute atomic E-state index is 5.77. The molecule has 1 atom stereocenters. The molecule has 92 valence electrons. The maximum Gasteiger partial charge on any atom is 0.0547 e. The summed E-state index contributed by atoms with van der Waals surface area (Å²) in [6.07, 6.45) is 12.4. The molecule has 0 saturated heterocycles. The second-order valence-electron chi connectivity index (χ2n) is 4.59. The van der Waals surface area contributed by atoms with E-state index in [1.165, 1.54) is 57.8 Å². The molecule has 1 heteroatoms. The highest BCUT2D eigenvalue weighted by molar-refractivity contribution is 4.51. The van der Waals surface area contributed by atoms with Crippen LogP contribution in [-0.2, 0) is 4.74 Å². The molecule has 0 aromatic rings. The SMILES string of the molecule is CCCCCCCO[C@H](C)CCCCC. The fourth-order valence-electron chi connectivity index (χ4n) is 1.76. The Labute approximate surface area is 96.6 Å². The zero-order valence-electron chi connectivity index (χ0n) is 11.1. The third kappa shape index (κ3) is 11.9. The summed E-state index contributed by atoms with van der Waals surface area (Å²) in [5, 5.41) is 0. The predicted molar refractivity (Wildman–Crippen MR) is 68.3 cm³/mol. The molecule has 0 aliphatic rings. The summed E-state index contributed by atoms with van der Waals surface area (Å²) in [7, 11) is 0. The van der Waals surface area contributed by atoms with Crippen LogP contribution in [0, 0.1) is 0 Å². The van der Waals surface area contributed by atoms with Crippen LogP contribution < -0.4 is 0 Å². The van der Waals surface area contributed by atoms with Crippen LogP contribution in [0.1, 0.15) is 78.6 Å². The van der Waals surface area contributed by atoms with Crippen molar-refractivity contribution in [3.8, 4) is 0 Å². The van der Waals surface area contributed by atoms with Crippen LogP contribution in [-0.4, -0.2) is 12.7 Å². The van der Waals surface area contributed by atoms with Crippen LogP contribution in [0.5, 0.6) is 0 Å². The maximum atomic E-state index is 5.77. The molecule has 0 aliphatic carbocycles. The number of hydrogen-bond acceptors (Lipinski definition) is 1. The Morgan fingerprint density at radius 3 is 2.07 bits per heavy atom. The quantitative estimate of drug-likeness (QED) is 0.442. The highest BCUT2D eigenvalue weighted by atomic mass is 16.5. The standard InChI is InChI=1S/C14H30O/c1-4-6-8-9-11-13-15-14(3)12-10-7-5-2/h14H,4-13H2,1-3H3/t14-/m1/s1. The highest BCUT2D eigenvalue weighted by Crippen LogP contribution is 2.08. The molecule has 0 rings (SSSR count). The first-order valence-electron chi connectivity index (χ1n) is 6.92. The monoisotopic (exact) mass is 214 g/mol. The van der Waals surface area contributed by atoms with Gasteiger partial charge in [-0.15, -0.1) is 0 Å². The van der Waals surface area contributed by atoms with Crippen molar-refractivity contribution >= 4 is 0 Å². The van der Waals surface area contributed by atoms with Crippen molar-refractivity contribution in [1.82, 2.24) is 0 Å². The van der Waals surface area contributed by atoms with Gasteiger partial charge in [0.15, 0.2) is 0 Å². The van der Waals surface area contributed by atoms with Crippen molar-refractivity contribution < 1.29 is 4.74 Å². The zero-order chi connectivity index (χ0) is 11.4. The third-order valence-corrected chi connectivity index (χ3v) is 2.86. The lowest BCUT2D eigenvalue weighted by atomic mass is 10.1. The van der Waals surface area contributed by atoms with Gasteiger partial charge in [-0.25, -0.2) is 0 Å². The molecular weight excluding hydrogens is 184 g/mol. The lowest BCUT2D eigenvalue weighted by Gasteiger charge is -2.12. The first-order chi connectivity index (χ1) is 7.31. The summed E-state index contributed by atoms with van der Waals surface area (Å²) in [6.45, 7) is 7.68. The summed E-state index contributed by atoms with van der Waals surface area (Å²) >= 11 is 0. The molecule has 0 aromatic carbocycles. The fraction of sp³-hybridized carbons (Fsp3) is 1.00. The van der Waals surface area contributed by atoms with Gasteiger partial charge in [0.1, 0.15) is 0 Å². The van der Waals surface area contributed by atoms with E-state index in [4.69, 9.17) is 4.74 Å². The summed E-state index contributed by atoms with van der Waals surface area (Å²) in [5.74, 6) is 0. The molecule has 0 saturated carbocycles. The van der Waals surface area contributed by atoms with E-state index in [0.717, 1.165) is 6.61 Å². The van der Waals surface area contributed by atoms with Crippen LogP contribution in [0.2, 0.25) is 0 Å². The van der Waals surface area contributed by atoms with Gasteiger partial charge >= 0.3 is 0 Å². The predicted octanol–water partition coefficient (Wildman–Crippen LogP) is 4.94. The lowest BCUT2D eigenvalue weighted by Crippen LogP contribution is -2.09. The first kappa shape index (κ1) is 15.0. The Kier molecular flexibility index (Phi) is 12.0. The minimum absolute atomic E-state index is 0.475. The van der Waals surface area contributed by atoms with Gasteiger partial charge in [0, 0.05) is 6.61 Å². The van der Waals surface area contributed by atoms with Crippen molar-refractivity contribution in [3.05, 3.63) is 0 Å². The number of unbranched alkanes of at least 4 members (excludes halogenated alkanes) is 6. The van der Waals surface area contributed by atoms with E-state index < -0.39 is 0 Å². The Hall–Kier alpha value is -0.0400. The smallest absolute Gasteiger partial charge is 0.0547 e. The Morgan fingerprint density at radius 1 is 0.800 bits per heavy atom.